The monoisotopic (exact) mass is 412 g/mol. The molecule has 1 aromatic heterocycles. The molecular weight excluding hydrogens is 380 g/mol. The van der Waals surface area contributed by atoms with Crippen LogP contribution in [0.1, 0.15) is 42.6 Å². The molecular formula is C21H32N8O. The third-order valence-electron chi connectivity index (χ3n) is 5.04. The van der Waals surface area contributed by atoms with Crippen LogP contribution in [0, 0.1) is 12.8 Å². The molecule has 0 spiro atoms. The van der Waals surface area contributed by atoms with E-state index in [0.29, 0.717) is 35.4 Å². The maximum atomic E-state index is 11.6. The number of aromatic nitrogens is 3. The zero-order valence-electron chi connectivity index (χ0n) is 18.2. The van der Waals surface area contributed by atoms with Gasteiger partial charge in [0.2, 0.25) is 23.8 Å². The lowest BCUT2D eigenvalue weighted by Gasteiger charge is -2.21. The largest absolute Gasteiger partial charge is 0.366 e. The Kier molecular flexibility index (Phi) is 7.04. The van der Waals surface area contributed by atoms with Crippen molar-refractivity contribution in [2.45, 2.75) is 39.7 Å². The Labute approximate surface area is 177 Å². The average Bonchev–Trinajstić information content (AvgIpc) is 3.21. The molecule has 5 N–H and O–H groups in total. The highest BCUT2D eigenvalue weighted by atomic mass is 16.1. The van der Waals surface area contributed by atoms with Crippen LogP contribution in [0.5, 0.6) is 0 Å². The maximum absolute atomic E-state index is 11.6. The number of nitrogens with zero attached hydrogens (tertiary/aromatic N) is 4. The molecule has 1 fully saturated rings. The molecule has 1 atom stereocenters. The first-order chi connectivity index (χ1) is 14.3. The van der Waals surface area contributed by atoms with Crippen molar-refractivity contribution in [3.8, 4) is 0 Å². The van der Waals surface area contributed by atoms with E-state index in [0.717, 1.165) is 37.3 Å². The molecule has 0 radical (unpaired) electrons. The molecule has 2 aromatic rings. The summed E-state index contributed by atoms with van der Waals surface area (Å²) in [6.45, 7) is 8.89. The van der Waals surface area contributed by atoms with Crippen LogP contribution in [0.15, 0.2) is 18.2 Å². The molecule has 0 aliphatic carbocycles. The Morgan fingerprint density at radius 2 is 2.07 bits per heavy atom. The van der Waals surface area contributed by atoms with Crippen LogP contribution in [0.3, 0.4) is 0 Å². The van der Waals surface area contributed by atoms with Gasteiger partial charge < -0.3 is 26.6 Å². The van der Waals surface area contributed by atoms with Crippen molar-refractivity contribution in [3.63, 3.8) is 0 Å². The zero-order chi connectivity index (χ0) is 21.7. The standard InChI is InChI=1S/C21H32N8O/c1-13(2)12-29(4)21-27-19(24-11-16-6-5-9-23-16)26-20(28-21)25-17-10-15(18(22)30)8-7-14(17)3/h7-8,10,13,16,23H,5-6,9,11-12H2,1-4H3,(H2,22,30)(H2,24,25,26,27,28)/t16-/m0/s1. The van der Waals surface area contributed by atoms with Crippen molar-refractivity contribution >= 4 is 29.4 Å². The summed E-state index contributed by atoms with van der Waals surface area (Å²) in [4.78, 5) is 27.3. The molecule has 1 aromatic carbocycles. The Hall–Kier alpha value is -2.94. The molecule has 0 saturated carbocycles. The predicted octanol–water partition coefficient (Wildman–Crippen LogP) is 2.28. The first-order valence-corrected chi connectivity index (χ1v) is 10.4. The van der Waals surface area contributed by atoms with E-state index in [9.17, 15) is 4.79 Å². The van der Waals surface area contributed by atoms with Crippen LogP contribution in [-0.4, -0.2) is 53.6 Å². The highest BCUT2D eigenvalue weighted by Crippen LogP contribution is 2.22. The SMILES string of the molecule is Cc1ccc(C(N)=O)cc1Nc1nc(NC[C@@H]2CCCN2)nc(N(C)CC(C)C)n1. The molecule has 0 bridgehead atoms. The van der Waals surface area contributed by atoms with Crippen LogP contribution in [0.25, 0.3) is 0 Å². The van der Waals surface area contributed by atoms with Crippen molar-refractivity contribution in [1.29, 1.82) is 0 Å². The first kappa shape index (κ1) is 21.8. The minimum atomic E-state index is -0.475. The van der Waals surface area contributed by atoms with Gasteiger partial charge in [-0.05, 0) is 49.9 Å². The summed E-state index contributed by atoms with van der Waals surface area (Å²) in [5, 5.41) is 10.0. The Morgan fingerprint density at radius 3 is 2.73 bits per heavy atom. The van der Waals surface area contributed by atoms with Crippen LogP contribution in [-0.2, 0) is 0 Å². The molecule has 1 saturated heterocycles. The fourth-order valence-electron chi connectivity index (χ4n) is 3.48. The van der Waals surface area contributed by atoms with E-state index in [1.165, 1.54) is 6.42 Å². The van der Waals surface area contributed by atoms with Gasteiger partial charge in [0, 0.05) is 37.4 Å². The summed E-state index contributed by atoms with van der Waals surface area (Å²) in [7, 11) is 1.97. The normalized spacial score (nSPS) is 16.0. The van der Waals surface area contributed by atoms with E-state index in [4.69, 9.17) is 5.73 Å². The van der Waals surface area contributed by atoms with Crippen LogP contribution < -0.4 is 26.6 Å². The lowest BCUT2D eigenvalue weighted by Crippen LogP contribution is -2.30. The number of rotatable bonds is 9. The highest BCUT2D eigenvalue weighted by molar-refractivity contribution is 5.94. The number of hydrogen-bond acceptors (Lipinski definition) is 8. The van der Waals surface area contributed by atoms with Crippen molar-refractivity contribution in [3.05, 3.63) is 29.3 Å². The molecule has 1 aliphatic heterocycles. The number of carbonyl (C=O) groups is 1. The van der Waals surface area contributed by atoms with Gasteiger partial charge in [-0.2, -0.15) is 15.0 Å². The molecule has 0 unspecified atom stereocenters. The number of benzene rings is 1. The van der Waals surface area contributed by atoms with Crippen LogP contribution in [0.4, 0.5) is 23.5 Å². The summed E-state index contributed by atoms with van der Waals surface area (Å²) in [6, 6.07) is 5.69. The second-order valence-corrected chi connectivity index (χ2v) is 8.25. The third-order valence-corrected chi connectivity index (χ3v) is 5.04. The second-order valence-electron chi connectivity index (χ2n) is 8.25. The number of amides is 1. The van der Waals surface area contributed by atoms with Gasteiger partial charge in [-0.3, -0.25) is 4.79 Å². The van der Waals surface area contributed by atoms with Gasteiger partial charge in [0.05, 0.1) is 0 Å². The highest BCUT2D eigenvalue weighted by Gasteiger charge is 2.16. The number of anilines is 4. The van der Waals surface area contributed by atoms with E-state index in [1.807, 2.05) is 24.9 Å². The number of nitrogens with one attached hydrogen (secondary N) is 3. The topological polar surface area (TPSA) is 121 Å². The predicted molar refractivity (Wildman–Crippen MR) is 120 cm³/mol. The van der Waals surface area contributed by atoms with E-state index in [2.05, 4.69) is 44.7 Å². The van der Waals surface area contributed by atoms with Crippen molar-refractivity contribution < 1.29 is 4.79 Å². The van der Waals surface area contributed by atoms with Gasteiger partial charge in [-0.15, -0.1) is 0 Å². The quantitative estimate of drug-likeness (QED) is 0.495. The van der Waals surface area contributed by atoms with Gasteiger partial charge in [-0.25, -0.2) is 0 Å². The molecule has 162 valence electrons. The van der Waals surface area contributed by atoms with Crippen molar-refractivity contribution in [1.82, 2.24) is 20.3 Å². The smallest absolute Gasteiger partial charge is 0.248 e. The fraction of sp³-hybridized carbons (Fsp3) is 0.524. The van der Waals surface area contributed by atoms with Gasteiger partial charge >= 0.3 is 0 Å². The van der Waals surface area contributed by atoms with E-state index in [1.54, 1.807) is 12.1 Å². The van der Waals surface area contributed by atoms with Crippen molar-refractivity contribution in [2.24, 2.45) is 11.7 Å². The molecule has 9 heteroatoms. The van der Waals surface area contributed by atoms with Gasteiger partial charge in [0.25, 0.3) is 0 Å². The van der Waals surface area contributed by atoms with E-state index >= 15 is 0 Å². The Morgan fingerprint density at radius 1 is 1.30 bits per heavy atom. The number of aryl methyl sites for hydroxylation is 1. The Balaban J connectivity index is 1.86. The van der Waals surface area contributed by atoms with Crippen molar-refractivity contribution in [2.75, 3.05) is 42.2 Å². The van der Waals surface area contributed by atoms with Gasteiger partial charge in [-0.1, -0.05) is 19.9 Å². The van der Waals surface area contributed by atoms with E-state index in [-0.39, 0.29) is 0 Å². The molecule has 9 nitrogen and oxygen atoms in total. The van der Waals surface area contributed by atoms with Gasteiger partial charge in [0.1, 0.15) is 0 Å². The number of hydrogen-bond donors (Lipinski definition) is 4. The summed E-state index contributed by atoms with van der Waals surface area (Å²) < 4.78 is 0. The molecule has 2 heterocycles. The minimum Gasteiger partial charge on any atom is -0.366 e. The number of primary amides is 1. The lowest BCUT2D eigenvalue weighted by molar-refractivity contribution is 0.100. The number of carbonyl (C=O) groups excluding carboxylic acids is 1. The summed E-state index contributed by atoms with van der Waals surface area (Å²) >= 11 is 0. The second kappa shape index (κ2) is 9.71. The summed E-state index contributed by atoms with van der Waals surface area (Å²) in [5.41, 5.74) is 7.55. The molecule has 1 aliphatic rings. The number of nitrogens with two attached hydrogens (primary N) is 1. The van der Waals surface area contributed by atoms with Crippen LogP contribution in [0.2, 0.25) is 0 Å². The lowest BCUT2D eigenvalue weighted by atomic mass is 10.1. The molecule has 1 amide bonds. The third kappa shape index (κ3) is 5.79. The maximum Gasteiger partial charge on any atom is 0.248 e. The molecule has 3 rings (SSSR count). The summed E-state index contributed by atoms with van der Waals surface area (Å²) in [6.07, 6.45) is 2.33. The molecule has 30 heavy (non-hydrogen) atoms. The van der Waals surface area contributed by atoms with E-state index < -0.39 is 5.91 Å². The fourth-order valence-corrected chi connectivity index (χ4v) is 3.48. The zero-order valence-corrected chi connectivity index (χ0v) is 18.2. The first-order valence-electron chi connectivity index (χ1n) is 10.4. The summed E-state index contributed by atoms with van der Waals surface area (Å²) in [5.74, 6) is 1.53. The Bertz CT molecular complexity index is 879. The van der Waals surface area contributed by atoms with Crippen LogP contribution >= 0.6 is 0 Å². The average molecular weight is 413 g/mol. The minimum absolute atomic E-state index is 0.419. The van der Waals surface area contributed by atoms with Gasteiger partial charge in [0.15, 0.2) is 0 Å².